The van der Waals surface area contributed by atoms with Gasteiger partial charge in [0.2, 0.25) is 0 Å². The van der Waals surface area contributed by atoms with E-state index in [4.69, 9.17) is 9.29 Å². The summed E-state index contributed by atoms with van der Waals surface area (Å²) in [5, 5.41) is 9.23. The second-order valence-corrected chi connectivity index (χ2v) is 5.07. The van der Waals surface area contributed by atoms with Gasteiger partial charge < -0.3 is 14.3 Å². The first-order valence-corrected chi connectivity index (χ1v) is 6.43. The minimum absolute atomic E-state index is 0.0236. The molecule has 0 radical (unpaired) electrons. The highest BCUT2D eigenvalue weighted by molar-refractivity contribution is 7.86. The van der Waals surface area contributed by atoms with Crippen LogP contribution in [-0.2, 0) is 10.1 Å². The molecular weight excluding hydrogens is 246 g/mol. The Bertz CT molecular complexity index is 686. The van der Waals surface area contributed by atoms with Gasteiger partial charge >= 0.3 is 16.1 Å². The Morgan fingerprint density at radius 1 is 1.41 bits per heavy atom. The summed E-state index contributed by atoms with van der Waals surface area (Å²) in [7, 11) is -3.64. The lowest BCUT2D eigenvalue weighted by Crippen LogP contribution is -2.05. The number of carbonyl (C=O) groups is 1. The van der Waals surface area contributed by atoms with Crippen molar-refractivity contribution in [3.63, 3.8) is 0 Å². The maximum atomic E-state index is 11.0. The third-order valence-electron chi connectivity index (χ3n) is 2.10. The SMILES string of the molecule is CS(=O)(=O)Oc1cccc2[nH]c(C(=O)O)cc12. The Hall–Kier alpha value is -2.02. The van der Waals surface area contributed by atoms with Crippen LogP contribution < -0.4 is 4.18 Å². The van der Waals surface area contributed by atoms with Gasteiger partial charge in [-0.3, -0.25) is 0 Å². The minimum Gasteiger partial charge on any atom is -0.477 e. The van der Waals surface area contributed by atoms with Crippen molar-refractivity contribution in [1.82, 2.24) is 4.98 Å². The van der Waals surface area contributed by atoms with Crippen molar-refractivity contribution in [2.45, 2.75) is 0 Å². The lowest BCUT2D eigenvalue weighted by molar-refractivity contribution is 0.0691. The van der Waals surface area contributed by atoms with Crippen molar-refractivity contribution < 1.29 is 22.5 Å². The molecule has 1 aromatic heterocycles. The van der Waals surface area contributed by atoms with Gasteiger partial charge in [0.1, 0.15) is 5.69 Å². The molecule has 2 N–H and O–H groups in total. The molecule has 0 atom stereocenters. The third kappa shape index (κ3) is 2.39. The molecule has 6 nitrogen and oxygen atoms in total. The number of nitrogens with one attached hydrogen (secondary N) is 1. The van der Waals surface area contributed by atoms with E-state index in [1.165, 1.54) is 12.1 Å². The first-order valence-electron chi connectivity index (χ1n) is 4.61. The van der Waals surface area contributed by atoms with Gasteiger partial charge in [0.25, 0.3) is 0 Å². The summed E-state index contributed by atoms with van der Waals surface area (Å²) >= 11 is 0. The molecule has 17 heavy (non-hydrogen) atoms. The van der Waals surface area contributed by atoms with E-state index in [9.17, 15) is 13.2 Å². The molecule has 0 unspecified atom stereocenters. The number of carboxylic acid groups (broad SMARTS) is 1. The Kier molecular flexibility index (Phi) is 2.55. The van der Waals surface area contributed by atoms with Crippen LogP contribution in [0.15, 0.2) is 24.3 Å². The zero-order valence-electron chi connectivity index (χ0n) is 8.80. The molecule has 0 fully saturated rings. The number of aromatic carboxylic acids is 1. The minimum atomic E-state index is -3.64. The first-order chi connectivity index (χ1) is 7.87. The summed E-state index contributed by atoms with van der Waals surface area (Å²) < 4.78 is 26.8. The maximum absolute atomic E-state index is 11.0. The van der Waals surface area contributed by atoms with Gasteiger partial charge in [0.15, 0.2) is 5.75 Å². The quantitative estimate of drug-likeness (QED) is 0.803. The average Bonchev–Trinajstić information content (AvgIpc) is 2.60. The van der Waals surface area contributed by atoms with Crippen molar-refractivity contribution in [1.29, 1.82) is 0 Å². The van der Waals surface area contributed by atoms with Gasteiger partial charge in [-0.1, -0.05) is 6.07 Å². The molecule has 2 aromatic rings. The Morgan fingerprint density at radius 3 is 2.71 bits per heavy atom. The van der Waals surface area contributed by atoms with E-state index < -0.39 is 16.1 Å². The van der Waals surface area contributed by atoms with Crippen LogP contribution >= 0.6 is 0 Å². The summed E-state index contributed by atoms with van der Waals surface area (Å²) in [4.78, 5) is 13.4. The highest BCUT2D eigenvalue weighted by Gasteiger charge is 2.13. The number of fused-ring (bicyclic) bond motifs is 1. The van der Waals surface area contributed by atoms with Crippen LogP contribution in [-0.4, -0.2) is 30.7 Å². The highest BCUT2D eigenvalue weighted by atomic mass is 32.2. The van der Waals surface area contributed by atoms with Gasteiger partial charge in [-0.15, -0.1) is 0 Å². The molecule has 1 heterocycles. The fourth-order valence-electron chi connectivity index (χ4n) is 1.48. The molecule has 0 saturated heterocycles. The third-order valence-corrected chi connectivity index (χ3v) is 2.58. The van der Waals surface area contributed by atoms with E-state index in [2.05, 4.69) is 4.98 Å². The standard InChI is InChI=1S/C10H9NO5S/c1-17(14,15)16-9-4-2-3-7-6(9)5-8(11-7)10(12)13/h2-5,11H,1H3,(H,12,13). The van der Waals surface area contributed by atoms with E-state index in [0.717, 1.165) is 6.26 Å². The number of carboxylic acids is 1. The summed E-state index contributed by atoms with van der Waals surface area (Å²) in [5.41, 5.74) is 0.480. The summed E-state index contributed by atoms with van der Waals surface area (Å²) in [6.07, 6.45) is 0.927. The van der Waals surface area contributed by atoms with E-state index in [-0.39, 0.29) is 11.4 Å². The van der Waals surface area contributed by atoms with Gasteiger partial charge in [-0.2, -0.15) is 8.42 Å². The number of aromatic nitrogens is 1. The molecule has 0 aliphatic carbocycles. The Morgan fingerprint density at radius 2 is 2.12 bits per heavy atom. The van der Waals surface area contributed by atoms with Crippen LogP contribution in [0, 0.1) is 0 Å². The predicted molar refractivity (Wildman–Crippen MR) is 60.7 cm³/mol. The van der Waals surface area contributed by atoms with Crippen molar-refractivity contribution >= 4 is 27.0 Å². The monoisotopic (exact) mass is 255 g/mol. The fraction of sp³-hybridized carbons (Fsp3) is 0.100. The number of H-pyrrole nitrogens is 1. The molecule has 2 rings (SSSR count). The Labute approximate surface area is 97.0 Å². The summed E-state index contributed by atoms with van der Waals surface area (Å²) in [6, 6.07) is 6.00. The van der Waals surface area contributed by atoms with Crippen molar-refractivity contribution in [2.24, 2.45) is 0 Å². The zero-order valence-corrected chi connectivity index (χ0v) is 9.61. The van der Waals surface area contributed by atoms with Crippen LogP contribution in [0.25, 0.3) is 10.9 Å². The topological polar surface area (TPSA) is 96.5 Å². The van der Waals surface area contributed by atoms with Crippen LogP contribution in [0.3, 0.4) is 0 Å². The number of benzene rings is 1. The second-order valence-electron chi connectivity index (χ2n) is 3.49. The molecule has 90 valence electrons. The van der Waals surface area contributed by atoms with Crippen LogP contribution in [0.5, 0.6) is 5.75 Å². The molecule has 0 aliphatic rings. The van der Waals surface area contributed by atoms with E-state index >= 15 is 0 Å². The zero-order chi connectivity index (χ0) is 12.6. The van der Waals surface area contributed by atoms with E-state index in [0.29, 0.717) is 10.9 Å². The van der Waals surface area contributed by atoms with Crippen molar-refractivity contribution in [2.75, 3.05) is 6.26 Å². The van der Waals surface area contributed by atoms with E-state index in [1.54, 1.807) is 12.1 Å². The molecule has 0 amide bonds. The molecular formula is C10H9NO5S. The van der Waals surface area contributed by atoms with Gasteiger partial charge in [0, 0.05) is 10.9 Å². The van der Waals surface area contributed by atoms with Gasteiger partial charge in [-0.25, -0.2) is 4.79 Å². The first kappa shape index (κ1) is 11.5. The predicted octanol–water partition coefficient (Wildman–Crippen LogP) is 1.20. The Balaban J connectivity index is 2.61. The van der Waals surface area contributed by atoms with Crippen molar-refractivity contribution in [3.8, 4) is 5.75 Å². The average molecular weight is 255 g/mol. The maximum Gasteiger partial charge on any atom is 0.352 e. The number of hydrogen-bond donors (Lipinski definition) is 2. The molecule has 0 aliphatic heterocycles. The smallest absolute Gasteiger partial charge is 0.352 e. The number of rotatable bonds is 3. The molecule has 1 aromatic carbocycles. The fourth-order valence-corrected chi connectivity index (χ4v) is 1.95. The highest BCUT2D eigenvalue weighted by Crippen LogP contribution is 2.27. The number of aromatic amines is 1. The molecule has 7 heteroatoms. The van der Waals surface area contributed by atoms with Crippen molar-refractivity contribution in [3.05, 3.63) is 30.0 Å². The van der Waals surface area contributed by atoms with Crippen LogP contribution in [0.1, 0.15) is 10.5 Å². The lowest BCUT2D eigenvalue weighted by Gasteiger charge is -2.03. The summed E-state index contributed by atoms with van der Waals surface area (Å²) in [5.74, 6) is -1.01. The second kappa shape index (κ2) is 3.77. The molecule has 0 spiro atoms. The van der Waals surface area contributed by atoms with Crippen LogP contribution in [0.2, 0.25) is 0 Å². The van der Waals surface area contributed by atoms with Gasteiger partial charge in [-0.05, 0) is 18.2 Å². The lowest BCUT2D eigenvalue weighted by atomic mass is 10.2. The summed E-state index contributed by atoms with van der Waals surface area (Å²) in [6.45, 7) is 0. The molecule has 0 saturated carbocycles. The van der Waals surface area contributed by atoms with E-state index in [1.807, 2.05) is 0 Å². The van der Waals surface area contributed by atoms with Crippen LogP contribution in [0.4, 0.5) is 0 Å². The molecule has 0 bridgehead atoms. The number of hydrogen-bond acceptors (Lipinski definition) is 4. The largest absolute Gasteiger partial charge is 0.477 e. The normalized spacial score (nSPS) is 11.6. The van der Waals surface area contributed by atoms with Gasteiger partial charge in [0.05, 0.1) is 6.26 Å².